The third-order valence-corrected chi connectivity index (χ3v) is 1.77. The van der Waals surface area contributed by atoms with Crippen LogP contribution in [0.15, 0.2) is 18.2 Å². The zero-order chi connectivity index (χ0) is 10.6. The maximum Gasteiger partial charge on any atom is 0.329 e. The maximum absolute atomic E-state index is 10.6. The van der Waals surface area contributed by atoms with E-state index in [-0.39, 0.29) is 0 Å². The molecule has 0 aliphatic heterocycles. The molecule has 0 aliphatic rings. The number of benzene rings is 1. The monoisotopic (exact) mass is 192 g/mol. The van der Waals surface area contributed by atoms with Crippen LogP contribution in [0.5, 0.6) is 0 Å². The largest absolute Gasteiger partial charge is 0.344 e. The van der Waals surface area contributed by atoms with Gasteiger partial charge in [0, 0.05) is 18.7 Å². The van der Waals surface area contributed by atoms with Crippen LogP contribution < -0.4 is 5.48 Å². The van der Waals surface area contributed by atoms with Crippen molar-refractivity contribution in [3.05, 3.63) is 29.3 Å². The molecule has 14 heavy (non-hydrogen) atoms. The molecule has 0 spiro atoms. The Balaban J connectivity index is 2.90. The number of hydrogen-bond acceptors (Lipinski definition) is 4. The SMILES string of the molecule is CC(=O)ONc1cccc(C)c1C=N. The zero-order valence-corrected chi connectivity index (χ0v) is 8.13. The molecule has 4 heteroatoms. The molecule has 1 aromatic carbocycles. The summed E-state index contributed by atoms with van der Waals surface area (Å²) >= 11 is 0. The number of carbonyl (C=O) groups is 1. The molecule has 0 radical (unpaired) electrons. The highest BCUT2D eigenvalue weighted by Crippen LogP contribution is 2.16. The van der Waals surface area contributed by atoms with Gasteiger partial charge in [-0.05, 0) is 18.6 Å². The summed E-state index contributed by atoms with van der Waals surface area (Å²) in [5.41, 5.74) is 4.80. The lowest BCUT2D eigenvalue weighted by molar-refractivity contribution is -0.138. The van der Waals surface area contributed by atoms with Crippen LogP contribution in [0.2, 0.25) is 0 Å². The molecule has 0 atom stereocenters. The molecule has 0 bridgehead atoms. The van der Waals surface area contributed by atoms with E-state index in [9.17, 15) is 4.79 Å². The van der Waals surface area contributed by atoms with Gasteiger partial charge in [0.1, 0.15) is 0 Å². The van der Waals surface area contributed by atoms with Crippen molar-refractivity contribution >= 4 is 17.9 Å². The lowest BCUT2D eigenvalue weighted by Crippen LogP contribution is -2.08. The molecule has 0 aromatic heterocycles. The van der Waals surface area contributed by atoms with Gasteiger partial charge < -0.3 is 10.2 Å². The highest BCUT2D eigenvalue weighted by molar-refractivity contribution is 5.87. The third kappa shape index (κ3) is 2.32. The van der Waals surface area contributed by atoms with Crippen LogP contribution in [-0.2, 0) is 9.63 Å². The van der Waals surface area contributed by atoms with Crippen LogP contribution in [0.4, 0.5) is 5.69 Å². The molecule has 1 aromatic rings. The van der Waals surface area contributed by atoms with Crippen molar-refractivity contribution in [2.45, 2.75) is 13.8 Å². The lowest BCUT2D eigenvalue weighted by atomic mass is 10.1. The minimum atomic E-state index is -0.414. The van der Waals surface area contributed by atoms with Crippen molar-refractivity contribution in [1.82, 2.24) is 0 Å². The van der Waals surface area contributed by atoms with Crippen molar-refractivity contribution in [3.8, 4) is 0 Å². The highest BCUT2D eigenvalue weighted by Gasteiger charge is 2.03. The number of hydrogen-bond donors (Lipinski definition) is 2. The summed E-state index contributed by atoms with van der Waals surface area (Å²) in [6.45, 7) is 3.20. The molecule has 74 valence electrons. The standard InChI is InChI=1S/C10H12N2O2/c1-7-4-3-5-10(9(7)6-11)12-14-8(2)13/h3-6,11-12H,1-2H3. The van der Waals surface area contributed by atoms with Crippen molar-refractivity contribution in [2.24, 2.45) is 0 Å². The summed E-state index contributed by atoms with van der Waals surface area (Å²) in [5.74, 6) is -0.414. The Kier molecular flexibility index (Phi) is 3.23. The van der Waals surface area contributed by atoms with Crippen molar-refractivity contribution in [3.63, 3.8) is 0 Å². The predicted octanol–water partition coefficient (Wildman–Crippen LogP) is 1.88. The first-order valence-electron chi connectivity index (χ1n) is 4.18. The Labute approximate surface area is 82.4 Å². The second-order valence-corrected chi connectivity index (χ2v) is 2.88. The highest BCUT2D eigenvalue weighted by atomic mass is 16.7. The van der Waals surface area contributed by atoms with E-state index in [1.807, 2.05) is 19.1 Å². The van der Waals surface area contributed by atoms with Crippen LogP contribution in [0, 0.1) is 12.3 Å². The van der Waals surface area contributed by atoms with Gasteiger partial charge in [-0.1, -0.05) is 12.1 Å². The first-order valence-corrected chi connectivity index (χ1v) is 4.18. The molecule has 4 nitrogen and oxygen atoms in total. The number of nitrogens with one attached hydrogen (secondary N) is 2. The summed E-state index contributed by atoms with van der Waals surface area (Å²) < 4.78 is 0. The van der Waals surface area contributed by atoms with Crippen LogP contribution in [0.25, 0.3) is 0 Å². The lowest BCUT2D eigenvalue weighted by Gasteiger charge is -2.09. The van der Waals surface area contributed by atoms with Gasteiger partial charge in [0.25, 0.3) is 0 Å². The normalized spacial score (nSPS) is 9.29. The van der Waals surface area contributed by atoms with Crippen LogP contribution in [0.1, 0.15) is 18.1 Å². The predicted molar refractivity (Wildman–Crippen MR) is 54.5 cm³/mol. The molecule has 0 fully saturated rings. The van der Waals surface area contributed by atoms with E-state index in [2.05, 4.69) is 10.3 Å². The summed E-state index contributed by atoms with van der Waals surface area (Å²) in [6.07, 6.45) is 1.22. The van der Waals surface area contributed by atoms with E-state index in [1.54, 1.807) is 6.07 Å². The van der Waals surface area contributed by atoms with Crippen molar-refractivity contribution < 1.29 is 9.63 Å². The number of rotatable bonds is 3. The van der Waals surface area contributed by atoms with Gasteiger partial charge in [-0.25, -0.2) is 5.48 Å². The fraction of sp³-hybridized carbons (Fsp3) is 0.200. The second kappa shape index (κ2) is 4.41. The Morgan fingerprint density at radius 1 is 1.57 bits per heavy atom. The third-order valence-electron chi connectivity index (χ3n) is 1.77. The average Bonchev–Trinajstić information content (AvgIpc) is 2.14. The Morgan fingerprint density at radius 2 is 2.29 bits per heavy atom. The van der Waals surface area contributed by atoms with Crippen LogP contribution in [0.3, 0.4) is 0 Å². The van der Waals surface area contributed by atoms with Gasteiger partial charge >= 0.3 is 5.97 Å². The minimum absolute atomic E-state index is 0.414. The molecule has 0 heterocycles. The topological polar surface area (TPSA) is 62.2 Å². The molecule has 0 saturated heterocycles. The zero-order valence-electron chi connectivity index (χ0n) is 8.13. The molecule has 0 saturated carbocycles. The van der Waals surface area contributed by atoms with Gasteiger partial charge in [-0.15, -0.1) is 0 Å². The Hall–Kier alpha value is -1.84. The van der Waals surface area contributed by atoms with Crippen LogP contribution in [-0.4, -0.2) is 12.2 Å². The molecular formula is C10H12N2O2. The molecular weight excluding hydrogens is 180 g/mol. The summed E-state index contributed by atoms with van der Waals surface area (Å²) in [7, 11) is 0. The van der Waals surface area contributed by atoms with E-state index in [0.29, 0.717) is 11.3 Å². The maximum atomic E-state index is 10.6. The van der Waals surface area contributed by atoms with E-state index >= 15 is 0 Å². The Bertz CT molecular complexity index is 361. The number of anilines is 1. The number of aryl methyl sites for hydroxylation is 1. The first kappa shape index (κ1) is 10.2. The summed E-state index contributed by atoms with van der Waals surface area (Å²) in [5, 5.41) is 7.21. The molecule has 0 aliphatic carbocycles. The summed E-state index contributed by atoms with van der Waals surface area (Å²) in [4.78, 5) is 15.2. The quantitative estimate of drug-likeness (QED) is 0.567. The van der Waals surface area contributed by atoms with Crippen molar-refractivity contribution in [1.29, 1.82) is 5.41 Å². The van der Waals surface area contributed by atoms with Gasteiger partial charge in [0.05, 0.1) is 5.69 Å². The average molecular weight is 192 g/mol. The van der Waals surface area contributed by atoms with Gasteiger partial charge in [0.15, 0.2) is 0 Å². The Morgan fingerprint density at radius 3 is 2.86 bits per heavy atom. The van der Waals surface area contributed by atoms with Gasteiger partial charge in [-0.2, -0.15) is 0 Å². The number of carbonyl (C=O) groups excluding carboxylic acids is 1. The summed E-state index contributed by atoms with van der Waals surface area (Å²) in [6, 6.07) is 5.46. The van der Waals surface area contributed by atoms with Crippen LogP contribution >= 0.6 is 0 Å². The van der Waals surface area contributed by atoms with E-state index in [0.717, 1.165) is 5.56 Å². The first-order chi connectivity index (χ1) is 6.65. The van der Waals surface area contributed by atoms with Gasteiger partial charge in [-0.3, -0.25) is 4.79 Å². The molecule has 0 amide bonds. The van der Waals surface area contributed by atoms with Crippen molar-refractivity contribution in [2.75, 3.05) is 5.48 Å². The minimum Gasteiger partial charge on any atom is -0.344 e. The smallest absolute Gasteiger partial charge is 0.329 e. The second-order valence-electron chi connectivity index (χ2n) is 2.88. The van der Waals surface area contributed by atoms with E-state index < -0.39 is 5.97 Å². The fourth-order valence-corrected chi connectivity index (χ4v) is 1.09. The van der Waals surface area contributed by atoms with Gasteiger partial charge in [0.2, 0.25) is 0 Å². The van der Waals surface area contributed by atoms with E-state index in [1.165, 1.54) is 13.1 Å². The molecule has 1 rings (SSSR count). The van der Waals surface area contributed by atoms with E-state index in [4.69, 9.17) is 5.41 Å². The molecule has 0 unspecified atom stereocenters. The molecule has 2 N–H and O–H groups in total. The fourth-order valence-electron chi connectivity index (χ4n) is 1.09.